The molecule has 4 heteroatoms. The number of nitrogens with one attached hydrogen (secondary N) is 1. The molecule has 1 N–H and O–H groups in total. The number of hydrogen-bond donors (Lipinski definition) is 1. The average Bonchev–Trinajstić information content (AvgIpc) is 2.98. The third kappa shape index (κ3) is 4.16. The Morgan fingerprint density at radius 3 is 2.52 bits per heavy atom. The average molecular weight is 291 g/mol. The molecule has 0 saturated heterocycles. The lowest BCUT2D eigenvalue weighted by atomic mass is 10.0. The van der Waals surface area contributed by atoms with E-state index in [1.807, 2.05) is 6.92 Å². The zero-order chi connectivity index (χ0) is 15.2. The number of ether oxygens (including phenoxy) is 1. The van der Waals surface area contributed by atoms with Crippen molar-refractivity contribution < 1.29 is 4.74 Å². The Bertz CT molecular complexity index is 442. The van der Waals surface area contributed by atoms with Crippen LogP contribution in [0.2, 0.25) is 0 Å². The molecule has 4 nitrogen and oxygen atoms in total. The highest BCUT2D eigenvalue weighted by atomic mass is 16.5. The molecule has 1 fully saturated rings. The molecule has 0 aliphatic heterocycles. The number of rotatable bonds is 7. The smallest absolute Gasteiger partial charge is 0.160 e. The molecule has 1 saturated carbocycles. The maximum Gasteiger partial charge on any atom is 0.160 e. The minimum absolute atomic E-state index is 0.0197. The van der Waals surface area contributed by atoms with E-state index in [2.05, 4.69) is 37.1 Å². The van der Waals surface area contributed by atoms with E-state index in [0.717, 1.165) is 18.2 Å². The Labute approximate surface area is 128 Å². The minimum atomic E-state index is -0.0197. The summed E-state index contributed by atoms with van der Waals surface area (Å²) in [7, 11) is 0. The van der Waals surface area contributed by atoms with Crippen LogP contribution in [0.15, 0.2) is 6.07 Å². The standard InChI is InChI=1S/C17H29N3O/c1-5-18-15-11-14(13-9-7-8-10-13)19-17(20-15)16(12(3)4)21-6-2/h11-13,16H,5-10H2,1-4H3,(H,18,19,20). The van der Waals surface area contributed by atoms with Gasteiger partial charge in [0.25, 0.3) is 0 Å². The highest BCUT2D eigenvalue weighted by Gasteiger charge is 2.24. The summed E-state index contributed by atoms with van der Waals surface area (Å²) in [5.74, 6) is 2.75. The summed E-state index contributed by atoms with van der Waals surface area (Å²) in [6.07, 6.45) is 5.12. The fourth-order valence-electron chi connectivity index (χ4n) is 3.06. The Hall–Kier alpha value is -1.16. The predicted octanol–water partition coefficient (Wildman–Crippen LogP) is 4.30. The van der Waals surface area contributed by atoms with Gasteiger partial charge >= 0.3 is 0 Å². The number of hydrogen-bond acceptors (Lipinski definition) is 4. The van der Waals surface area contributed by atoms with Crippen LogP contribution < -0.4 is 5.32 Å². The summed E-state index contributed by atoms with van der Waals surface area (Å²) in [6.45, 7) is 10.0. The van der Waals surface area contributed by atoms with Gasteiger partial charge < -0.3 is 10.1 Å². The van der Waals surface area contributed by atoms with Gasteiger partial charge in [-0.25, -0.2) is 9.97 Å². The van der Waals surface area contributed by atoms with Crippen LogP contribution in [-0.2, 0) is 4.74 Å². The van der Waals surface area contributed by atoms with Gasteiger partial charge in [0, 0.05) is 30.8 Å². The summed E-state index contributed by atoms with van der Waals surface area (Å²) >= 11 is 0. The van der Waals surface area contributed by atoms with E-state index in [1.54, 1.807) is 0 Å². The number of anilines is 1. The first kappa shape index (κ1) is 16.2. The topological polar surface area (TPSA) is 47.0 Å². The Kier molecular flexibility index (Phi) is 5.97. The van der Waals surface area contributed by atoms with E-state index in [1.165, 1.54) is 31.4 Å². The molecule has 1 atom stereocenters. The molecule has 118 valence electrons. The zero-order valence-corrected chi connectivity index (χ0v) is 13.9. The first-order chi connectivity index (χ1) is 10.2. The largest absolute Gasteiger partial charge is 0.370 e. The summed E-state index contributed by atoms with van der Waals surface area (Å²) < 4.78 is 5.89. The van der Waals surface area contributed by atoms with Gasteiger partial charge in [-0.2, -0.15) is 0 Å². The van der Waals surface area contributed by atoms with Crippen molar-refractivity contribution in [2.24, 2.45) is 5.92 Å². The molecule has 1 aromatic rings. The van der Waals surface area contributed by atoms with Crippen LogP contribution in [0.4, 0.5) is 5.82 Å². The zero-order valence-electron chi connectivity index (χ0n) is 13.9. The van der Waals surface area contributed by atoms with Crippen LogP contribution in [0.3, 0.4) is 0 Å². The van der Waals surface area contributed by atoms with Gasteiger partial charge in [-0.05, 0) is 32.6 Å². The van der Waals surface area contributed by atoms with E-state index < -0.39 is 0 Å². The summed E-state index contributed by atoms with van der Waals surface area (Å²) in [5.41, 5.74) is 1.19. The van der Waals surface area contributed by atoms with Crippen LogP contribution in [0.5, 0.6) is 0 Å². The van der Waals surface area contributed by atoms with Gasteiger partial charge in [0.1, 0.15) is 11.9 Å². The van der Waals surface area contributed by atoms with Crippen molar-refractivity contribution in [2.45, 2.75) is 65.4 Å². The van der Waals surface area contributed by atoms with Gasteiger partial charge in [0.05, 0.1) is 0 Å². The van der Waals surface area contributed by atoms with Gasteiger partial charge in [-0.1, -0.05) is 26.7 Å². The molecule has 1 aliphatic rings. The van der Waals surface area contributed by atoms with Crippen LogP contribution in [-0.4, -0.2) is 23.1 Å². The third-order valence-electron chi connectivity index (χ3n) is 4.10. The molecule has 1 heterocycles. The van der Waals surface area contributed by atoms with Gasteiger partial charge in [-0.3, -0.25) is 0 Å². The molecule has 0 spiro atoms. The van der Waals surface area contributed by atoms with Crippen LogP contribution in [0.1, 0.15) is 76.9 Å². The molecule has 0 bridgehead atoms. The fourth-order valence-corrected chi connectivity index (χ4v) is 3.06. The maximum absolute atomic E-state index is 5.89. The second-order valence-electron chi connectivity index (χ2n) is 6.17. The summed E-state index contributed by atoms with van der Waals surface area (Å²) in [6, 6.07) is 2.13. The van der Waals surface area contributed by atoms with Crippen molar-refractivity contribution in [3.63, 3.8) is 0 Å². The molecule has 1 aromatic heterocycles. The molecule has 2 rings (SSSR count). The highest BCUT2D eigenvalue weighted by Crippen LogP contribution is 2.35. The van der Waals surface area contributed by atoms with Gasteiger partial charge in [0.2, 0.25) is 0 Å². The first-order valence-corrected chi connectivity index (χ1v) is 8.40. The molecule has 0 radical (unpaired) electrons. The summed E-state index contributed by atoms with van der Waals surface area (Å²) in [4.78, 5) is 9.55. The Balaban J connectivity index is 2.33. The highest BCUT2D eigenvalue weighted by molar-refractivity contribution is 5.37. The van der Waals surface area contributed by atoms with Gasteiger partial charge in [-0.15, -0.1) is 0 Å². The van der Waals surface area contributed by atoms with Crippen molar-refractivity contribution in [1.29, 1.82) is 0 Å². The normalized spacial score (nSPS) is 17.4. The van der Waals surface area contributed by atoms with Crippen molar-refractivity contribution >= 4 is 5.82 Å². The van der Waals surface area contributed by atoms with E-state index in [4.69, 9.17) is 9.72 Å². The predicted molar refractivity (Wildman–Crippen MR) is 86.6 cm³/mol. The van der Waals surface area contributed by atoms with Crippen LogP contribution >= 0.6 is 0 Å². The lowest BCUT2D eigenvalue weighted by Crippen LogP contribution is -2.17. The van der Waals surface area contributed by atoms with Gasteiger partial charge in [0.15, 0.2) is 5.82 Å². The Morgan fingerprint density at radius 1 is 1.24 bits per heavy atom. The molecule has 1 aliphatic carbocycles. The van der Waals surface area contributed by atoms with Crippen molar-refractivity contribution in [2.75, 3.05) is 18.5 Å². The molecule has 0 aromatic carbocycles. The lowest BCUT2D eigenvalue weighted by molar-refractivity contribution is 0.0231. The fraction of sp³-hybridized carbons (Fsp3) is 0.765. The van der Waals surface area contributed by atoms with Crippen LogP contribution in [0, 0.1) is 5.92 Å². The Morgan fingerprint density at radius 2 is 1.95 bits per heavy atom. The van der Waals surface area contributed by atoms with Crippen molar-refractivity contribution in [1.82, 2.24) is 9.97 Å². The SMILES string of the molecule is CCNc1cc(C2CCCC2)nc(C(OCC)C(C)C)n1. The molecule has 0 amide bonds. The monoisotopic (exact) mass is 291 g/mol. The van der Waals surface area contributed by atoms with E-state index in [-0.39, 0.29) is 6.10 Å². The quantitative estimate of drug-likeness (QED) is 0.813. The number of nitrogens with zero attached hydrogens (tertiary/aromatic N) is 2. The van der Waals surface area contributed by atoms with E-state index in [0.29, 0.717) is 18.4 Å². The molecule has 21 heavy (non-hydrogen) atoms. The van der Waals surface area contributed by atoms with Crippen molar-refractivity contribution in [3.8, 4) is 0 Å². The van der Waals surface area contributed by atoms with E-state index >= 15 is 0 Å². The maximum atomic E-state index is 5.89. The first-order valence-electron chi connectivity index (χ1n) is 8.40. The lowest BCUT2D eigenvalue weighted by Gasteiger charge is -2.21. The van der Waals surface area contributed by atoms with Crippen molar-refractivity contribution in [3.05, 3.63) is 17.6 Å². The number of aromatic nitrogens is 2. The second-order valence-corrected chi connectivity index (χ2v) is 6.17. The van der Waals surface area contributed by atoms with Crippen LogP contribution in [0.25, 0.3) is 0 Å². The van der Waals surface area contributed by atoms with E-state index in [9.17, 15) is 0 Å². The second kappa shape index (κ2) is 7.74. The minimum Gasteiger partial charge on any atom is -0.370 e. The third-order valence-corrected chi connectivity index (χ3v) is 4.10. The molecular weight excluding hydrogens is 262 g/mol. The molecule has 1 unspecified atom stereocenters. The molecular formula is C17H29N3O. The summed E-state index contributed by atoms with van der Waals surface area (Å²) in [5, 5.41) is 3.34.